The fourth-order valence-corrected chi connectivity index (χ4v) is 3.82. The molecule has 1 aliphatic heterocycles. The minimum atomic E-state index is -0.196. The lowest BCUT2D eigenvalue weighted by molar-refractivity contribution is -0.138. The molecule has 1 heterocycles. The highest BCUT2D eigenvalue weighted by molar-refractivity contribution is 5.79. The summed E-state index contributed by atoms with van der Waals surface area (Å²) in [6, 6.07) is 9.85. The van der Waals surface area contributed by atoms with E-state index in [1.54, 1.807) is 0 Å². The van der Waals surface area contributed by atoms with Crippen molar-refractivity contribution in [2.75, 3.05) is 33.4 Å². The summed E-state index contributed by atoms with van der Waals surface area (Å²) in [4.78, 5) is 26.4. The molecule has 1 aliphatic carbocycles. The van der Waals surface area contributed by atoms with Gasteiger partial charge < -0.3 is 19.7 Å². The molecule has 0 spiro atoms. The lowest BCUT2D eigenvalue weighted by Gasteiger charge is -2.42. The van der Waals surface area contributed by atoms with Crippen LogP contribution in [0.15, 0.2) is 30.3 Å². The number of likely N-dealkylation sites (tertiary alicyclic amines) is 1. The maximum Gasteiger partial charge on any atom is 0.248 e. The van der Waals surface area contributed by atoms with Gasteiger partial charge in [-0.15, -0.1) is 0 Å². The van der Waals surface area contributed by atoms with Crippen LogP contribution in [0.25, 0.3) is 0 Å². The van der Waals surface area contributed by atoms with Gasteiger partial charge in [-0.2, -0.15) is 0 Å². The lowest BCUT2D eigenvalue weighted by Crippen LogP contribution is -2.57. The molecule has 2 amide bonds. The van der Waals surface area contributed by atoms with Crippen molar-refractivity contribution in [2.24, 2.45) is 5.92 Å². The van der Waals surface area contributed by atoms with Crippen LogP contribution in [0.3, 0.4) is 0 Å². The molecule has 1 saturated carbocycles. The van der Waals surface area contributed by atoms with Gasteiger partial charge in [0.15, 0.2) is 0 Å². The molecule has 0 atom stereocenters. The Balaban J connectivity index is 1.46. The fourth-order valence-electron chi connectivity index (χ4n) is 3.82. The van der Waals surface area contributed by atoms with Crippen LogP contribution in [-0.2, 0) is 25.7 Å². The maximum absolute atomic E-state index is 12.5. The minimum absolute atomic E-state index is 0.0224. The van der Waals surface area contributed by atoms with Crippen molar-refractivity contribution in [1.29, 1.82) is 0 Å². The van der Waals surface area contributed by atoms with Crippen molar-refractivity contribution in [1.82, 2.24) is 10.2 Å². The Morgan fingerprint density at radius 1 is 1.15 bits per heavy atom. The molecule has 27 heavy (non-hydrogen) atoms. The topological polar surface area (TPSA) is 67.9 Å². The molecule has 148 valence electrons. The van der Waals surface area contributed by atoms with E-state index < -0.39 is 0 Å². The largest absolute Gasteiger partial charge is 0.375 e. The number of methoxy groups -OCH3 is 1. The second-order valence-electron chi connectivity index (χ2n) is 7.77. The average molecular weight is 374 g/mol. The van der Waals surface area contributed by atoms with Crippen LogP contribution in [0.4, 0.5) is 0 Å². The number of hydrogen-bond acceptors (Lipinski definition) is 4. The highest BCUT2D eigenvalue weighted by Crippen LogP contribution is 2.40. The zero-order valence-electron chi connectivity index (χ0n) is 16.1. The number of carbonyl (C=O) groups excluding carboxylic acids is 2. The third kappa shape index (κ3) is 6.04. The molecule has 1 aromatic rings. The fraction of sp³-hybridized carbons (Fsp3) is 0.619. The van der Waals surface area contributed by atoms with E-state index in [0.29, 0.717) is 25.6 Å². The molecule has 1 aromatic carbocycles. The number of carbonyl (C=O) groups is 2. The van der Waals surface area contributed by atoms with Gasteiger partial charge in [-0.3, -0.25) is 9.59 Å². The standard InChI is InChI=1S/C21H30N2O4/c1-26-15-19(24)22-21(13-17-7-8-17)9-11-23(12-10-21)20(25)16-27-14-18-5-3-2-4-6-18/h2-6,17H,7-16H2,1H3,(H,22,24). The van der Waals surface area contributed by atoms with Crippen LogP contribution >= 0.6 is 0 Å². The van der Waals surface area contributed by atoms with Crippen molar-refractivity contribution >= 4 is 11.8 Å². The maximum atomic E-state index is 12.5. The Bertz CT molecular complexity index is 622. The Labute approximate surface area is 161 Å². The molecule has 0 aromatic heterocycles. The van der Waals surface area contributed by atoms with E-state index in [2.05, 4.69) is 5.32 Å². The van der Waals surface area contributed by atoms with Crippen LogP contribution in [0, 0.1) is 5.92 Å². The number of ether oxygens (including phenoxy) is 2. The van der Waals surface area contributed by atoms with Gasteiger partial charge in [-0.1, -0.05) is 43.2 Å². The van der Waals surface area contributed by atoms with Crippen molar-refractivity contribution < 1.29 is 19.1 Å². The number of hydrogen-bond donors (Lipinski definition) is 1. The number of amides is 2. The van der Waals surface area contributed by atoms with E-state index in [9.17, 15) is 9.59 Å². The SMILES string of the molecule is COCC(=O)NC1(CC2CC2)CCN(C(=O)COCc2ccccc2)CC1. The zero-order valence-corrected chi connectivity index (χ0v) is 16.1. The molecule has 2 fully saturated rings. The number of nitrogens with one attached hydrogen (secondary N) is 1. The monoisotopic (exact) mass is 374 g/mol. The van der Waals surface area contributed by atoms with Gasteiger partial charge in [0.2, 0.25) is 11.8 Å². The van der Waals surface area contributed by atoms with Gasteiger partial charge in [-0.25, -0.2) is 0 Å². The third-order valence-electron chi connectivity index (χ3n) is 5.47. The van der Waals surface area contributed by atoms with Crippen molar-refractivity contribution in [3.8, 4) is 0 Å². The summed E-state index contributed by atoms with van der Waals surface area (Å²) in [7, 11) is 1.53. The Kier molecular flexibility index (Phi) is 6.85. The van der Waals surface area contributed by atoms with Crippen LogP contribution in [-0.4, -0.2) is 55.7 Å². The summed E-state index contributed by atoms with van der Waals surface area (Å²) in [5, 5.41) is 3.20. The Hall–Kier alpha value is -1.92. The quantitative estimate of drug-likeness (QED) is 0.719. The van der Waals surface area contributed by atoms with Crippen LogP contribution in [0.1, 0.15) is 37.7 Å². The van der Waals surface area contributed by atoms with Gasteiger partial charge in [0.1, 0.15) is 13.2 Å². The van der Waals surface area contributed by atoms with Crippen LogP contribution in [0.2, 0.25) is 0 Å². The molecule has 1 saturated heterocycles. The first-order chi connectivity index (χ1) is 13.1. The molecular weight excluding hydrogens is 344 g/mol. The summed E-state index contributed by atoms with van der Waals surface area (Å²) >= 11 is 0. The van der Waals surface area contributed by atoms with Crippen molar-refractivity contribution in [2.45, 2.75) is 44.2 Å². The normalized spacial score (nSPS) is 18.9. The highest BCUT2D eigenvalue weighted by atomic mass is 16.5. The predicted octanol–water partition coefficient (Wildman–Crippen LogP) is 2.13. The first kappa shape index (κ1) is 19.8. The van der Waals surface area contributed by atoms with Gasteiger partial charge in [-0.05, 0) is 30.7 Å². The second-order valence-corrected chi connectivity index (χ2v) is 7.77. The average Bonchev–Trinajstić information content (AvgIpc) is 3.47. The predicted molar refractivity (Wildman–Crippen MR) is 102 cm³/mol. The van der Waals surface area contributed by atoms with Crippen LogP contribution < -0.4 is 5.32 Å². The first-order valence-electron chi connectivity index (χ1n) is 9.80. The first-order valence-corrected chi connectivity index (χ1v) is 9.80. The van der Waals surface area contributed by atoms with E-state index in [-0.39, 0.29) is 30.6 Å². The van der Waals surface area contributed by atoms with Crippen molar-refractivity contribution in [3.63, 3.8) is 0 Å². The number of piperidine rings is 1. The minimum Gasteiger partial charge on any atom is -0.375 e. The molecule has 3 rings (SSSR count). The molecule has 0 bridgehead atoms. The molecule has 0 radical (unpaired) electrons. The summed E-state index contributed by atoms with van der Waals surface area (Å²) in [5.74, 6) is 0.669. The van der Waals surface area contributed by atoms with Gasteiger partial charge in [0, 0.05) is 25.7 Å². The molecular formula is C21H30N2O4. The zero-order chi connectivity index (χ0) is 19.1. The van der Waals surface area contributed by atoms with E-state index in [4.69, 9.17) is 9.47 Å². The Morgan fingerprint density at radius 3 is 2.48 bits per heavy atom. The number of nitrogens with zero attached hydrogens (tertiary/aromatic N) is 1. The van der Waals surface area contributed by atoms with Crippen LogP contribution in [0.5, 0.6) is 0 Å². The summed E-state index contributed by atoms with van der Waals surface area (Å²) < 4.78 is 10.5. The number of rotatable bonds is 9. The molecule has 6 nitrogen and oxygen atoms in total. The second kappa shape index (κ2) is 9.33. The lowest BCUT2D eigenvalue weighted by atomic mass is 9.82. The smallest absolute Gasteiger partial charge is 0.248 e. The van der Waals surface area contributed by atoms with Crippen molar-refractivity contribution in [3.05, 3.63) is 35.9 Å². The summed E-state index contributed by atoms with van der Waals surface area (Å²) in [6.45, 7) is 1.95. The molecule has 2 aliphatic rings. The highest BCUT2D eigenvalue weighted by Gasteiger charge is 2.41. The molecule has 0 unspecified atom stereocenters. The summed E-state index contributed by atoms with van der Waals surface area (Å²) in [6.07, 6.45) is 5.09. The Morgan fingerprint density at radius 2 is 1.85 bits per heavy atom. The van der Waals surface area contributed by atoms with Gasteiger partial charge in [0.25, 0.3) is 0 Å². The van der Waals surface area contributed by atoms with E-state index in [1.165, 1.54) is 20.0 Å². The van der Waals surface area contributed by atoms with Gasteiger partial charge in [0.05, 0.1) is 6.61 Å². The van der Waals surface area contributed by atoms with E-state index in [1.807, 2.05) is 35.2 Å². The summed E-state index contributed by atoms with van der Waals surface area (Å²) in [5.41, 5.74) is 0.867. The third-order valence-corrected chi connectivity index (χ3v) is 5.47. The van der Waals surface area contributed by atoms with Gasteiger partial charge >= 0.3 is 0 Å². The van der Waals surface area contributed by atoms with E-state index >= 15 is 0 Å². The van der Waals surface area contributed by atoms with E-state index in [0.717, 1.165) is 24.8 Å². The number of benzene rings is 1. The molecule has 1 N–H and O–H groups in total. The molecule has 6 heteroatoms.